The van der Waals surface area contributed by atoms with E-state index in [0.29, 0.717) is 34.9 Å². The fourth-order valence-electron chi connectivity index (χ4n) is 15.9. The minimum atomic E-state index is 0.575. The van der Waals surface area contributed by atoms with Gasteiger partial charge in [-0.3, -0.25) is 0 Å². The van der Waals surface area contributed by atoms with Crippen molar-refractivity contribution in [1.82, 2.24) is 48.2 Å². The molecule has 0 saturated carbocycles. The molecular formula is C96H60N10. The molecule has 0 amide bonds. The van der Waals surface area contributed by atoms with Gasteiger partial charge in [-0.1, -0.05) is 206 Å². The van der Waals surface area contributed by atoms with Crippen LogP contribution < -0.4 is 0 Å². The smallest absolute Gasteiger partial charge is 0.164 e. The predicted molar refractivity (Wildman–Crippen MR) is 434 cm³/mol. The largest absolute Gasteiger partial charge is 0.309 e. The number of fused-ring (bicyclic) bond motifs is 12. The van der Waals surface area contributed by atoms with Gasteiger partial charge in [0.25, 0.3) is 0 Å². The van der Waals surface area contributed by atoms with Gasteiger partial charge in [-0.25, -0.2) is 29.9 Å². The molecule has 10 heteroatoms. The summed E-state index contributed by atoms with van der Waals surface area (Å²) in [7, 11) is 0. The highest BCUT2D eigenvalue weighted by molar-refractivity contribution is 6.12. The average Bonchev–Trinajstić information content (AvgIpc) is 1.59. The molecule has 6 heterocycles. The Morgan fingerprint density at radius 2 is 0.302 bits per heavy atom. The lowest BCUT2D eigenvalue weighted by molar-refractivity contribution is 1.07. The average molecular weight is 1350 g/mol. The second-order valence-electron chi connectivity index (χ2n) is 27.0. The van der Waals surface area contributed by atoms with Crippen LogP contribution in [0.4, 0.5) is 0 Å². The van der Waals surface area contributed by atoms with E-state index in [9.17, 15) is 0 Å². The molecule has 0 aliphatic rings. The molecule has 0 atom stereocenters. The zero-order chi connectivity index (χ0) is 69.8. The summed E-state index contributed by atoms with van der Waals surface area (Å²) in [5.41, 5.74) is 22.9. The second kappa shape index (κ2) is 24.7. The summed E-state index contributed by atoms with van der Waals surface area (Å²) in [5, 5.41) is 9.73. The molecule has 0 saturated heterocycles. The van der Waals surface area contributed by atoms with E-state index in [0.717, 1.165) is 123 Å². The maximum absolute atomic E-state index is 5.30. The Balaban J connectivity index is 0.622. The first-order valence-electron chi connectivity index (χ1n) is 35.7. The maximum Gasteiger partial charge on any atom is 0.164 e. The normalized spacial score (nSPS) is 11.8. The molecule has 0 unspecified atom stereocenters. The molecule has 0 spiro atoms. The summed E-state index contributed by atoms with van der Waals surface area (Å²) in [6.45, 7) is 0. The molecule has 0 aliphatic heterocycles. The Morgan fingerprint density at radius 3 is 0.509 bits per heavy atom. The highest BCUT2D eigenvalue weighted by Crippen LogP contribution is 2.40. The van der Waals surface area contributed by atoms with Crippen LogP contribution in [0.25, 0.3) is 201 Å². The van der Waals surface area contributed by atoms with Crippen molar-refractivity contribution in [3.05, 3.63) is 364 Å². The van der Waals surface area contributed by atoms with Crippen LogP contribution in [-0.4, -0.2) is 48.2 Å². The molecule has 0 N–H and O–H groups in total. The maximum atomic E-state index is 5.30. The third-order valence-electron chi connectivity index (χ3n) is 20.9. The Kier molecular flexibility index (Phi) is 14.0. The van der Waals surface area contributed by atoms with Gasteiger partial charge in [-0.2, -0.15) is 0 Å². The Labute approximate surface area is 609 Å². The Hall–Kier alpha value is -14.5. The molecule has 10 nitrogen and oxygen atoms in total. The number of rotatable bonds is 12. The minimum Gasteiger partial charge on any atom is -0.309 e. The summed E-state index contributed by atoms with van der Waals surface area (Å²) < 4.78 is 9.32. The molecule has 15 aromatic carbocycles. The number of para-hydroxylation sites is 8. The van der Waals surface area contributed by atoms with Crippen LogP contribution in [0.1, 0.15) is 0 Å². The SMILES string of the molecule is c1cc(-c2ccc(-c3cccc(-c4nc(-c5ccc(-n6c7ccccc7c7ccccc76)cc5)nc(-c5ccc(-n6c7ccccc7c7ccccc76)cc5)n4)c3)cc2)cc(-c2nc(-c3ccc(-n4c5ccccc5c5ccccc54)cc3)nc(-c3ccc(-n4c5ccccc5c5ccccc54)cc3)n2)c1. The van der Waals surface area contributed by atoms with E-state index in [1.807, 2.05) is 0 Å². The first kappa shape index (κ1) is 60.3. The number of aromatic nitrogens is 10. The highest BCUT2D eigenvalue weighted by atomic mass is 15.1. The first-order valence-corrected chi connectivity index (χ1v) is 35.7. The summed E-state index contributed by atoms with van der Waals surface area (Å²) in [6, 6.07) is 129. The number of hydrogen-bond donors (Lipinski definition) is 0. The van der Waals surface area contributed by atoms with Crippen molar-refractivity contribution < 1.29 is 0 Å². The van der Waals surface area contributed by atoms with Crippen LogP contribution in [-0.2, 0) is 0 Å². The van der Waals surface area contributed by atoms with E-state index >= 15 is 0 Å². The molecule has 21 rings (SSSR count). The summed E-state index contributed by atoms with van der Waals surface area (Å²) in [6.07, 6.45) is 0. The van der Waals surface area contributed by atoms with Crippen molar-refractivity contribution >= 4 is 87.2 Å². The summed E-state index contributed by atoms with van der Waals surface area (Å²) >= 11 is 0. The zero-order valence-corrected chi connectivity index (χ0v) is 57.1. The standard InChI is InChI=1S/C96H60N10/c1-9-31-83-75(23-1)76-24-2-10-32-84(76)103(83)71-51-43-63(44-52-71)91-97-92(64-45-53-72(54-46-64)104-85-33-11-3-25-77(85)78-26-4-12-34-86(78)104)100-95(99-91)69-21-17-19-67(59-69)61-39-41-62(42-40-61)68-20-18-22-70(60-68)96-101-93(65-47-55-73(56-48-65)105-87-35-13-5-27-79(87)80-28-6-14-36-88(80)105)98-94(102-96)66-49-57-74(58-50-66)106-89-37-15-7-29-81(89)82-30-8-16-38-90(82)106/h1-60H. The van der Waals surface area contributed by atoms with Gasteiger partial charge in [0.05, 0.1) is 44.1 Å². The Bertz CT molecular complexity index is 6050. The topological polar surface area (TPSA) is 97.1 Å². The second-order valence-corrected chi connectivity index (χ2v) is 27.0. The van der Waals surface area contributed by atoms with Crippen LogP contribution in [0.3, 0.4) is 0 Å². The molecule has 0 bridgehead atoms. The van der Waals surface area contributed by atoms with Gasteiger partial charge >= 0.3 is 0 Å². The van der Waals surface area contributed by atoms with Crippen molar-refractivity contribution in [3.63, 3.8) is 0 Å². The molecule has 21 aromatic rings. The lowest BCUT2D eigenvalue weighted by Crippen LogP contribution is -2.01. The lowest BCUT2D eigenvalue weighted by atomic mass is 9.98. The van der Waals surface area contributed by atoms with E-state index in [2.05, 4.69) is 382 Å². The minimum absolute atomic E-state index is 0.575. The van der Waals surface area contributed by atoms with Gasteiger partial charge in [0, 0.05) is 99.2 Å². The van der Waals surface area contributed by atoms with Crippen LogP contribution in [0.5, 0.6) is 0 Å². The highest BCUT2D eigenvalue weighted by Gasteiger charge is 2.21. The van der Waals surface area contributed by atoms with E-state index in [1.165, 1.54) is 43.1 Å². The number of hydrogen-bond acceptors (Lipinski definition) is 6. The van der Waals surface area contributed by atoms with Gasteiger partial charge in [0.2, 0.25) is 0 Å². The van der Waals surface area contributed by atoms with E-state index in [-0.39, 0.29) is 0 Å². The van der Waals surface area contributed by atoms with E-state index in [1.54, 1.807) is 0 Å². The van der Waals surface area contributed by atoms with Gasteiger partial charge < -0.3 is 18.3 Å². The van der Waals surface area contributed by atoms with E-state index in [4.69, 9.17) is 29.9 Å². The zero-order valence-electron chi connectivity index (χ0n) is 57.1. The van der Waals surface area contributed by atoms with Crippen molar-refractivity contribution in [3.8, 4) is 113 Å². The molecule has 0 aliphatic carbocycles. The van der Waals surface area contributed by atoms with Crippen LogP contribution in [0.2, 0.25) is 0 Å². The first-order chi connectivity index (χ1) is 52.5. The van der Waals surface area contributed by atoms with Crippen molar-refractivity contribution in [2.75, 3.05) is 0 Å². The summed E-state index contributed by atoms with van der Waals surface area (Å²) in [5.74, 6) is 3.47. The van der Waals surface area contributed by atoms with Crippen molar-refractivity contribution in [1.29, 1.82) is 0 Å². The molecule has 106 heavy (non-hydrogen) atoms. The molecule has 6 aromatic heterocycles. The quantitative estimate of drug-likeness (QED) is 0.121. The van der Waals surface area contributed by atoms with Crippen LogP contribution in [0, 0.1) is 0 Å². The molecule has 494 valence electrons. The Morgan fingerprint density at radius 1 is 0.132 bits per heavy atom. The van der Waals surface area contributed by atoms with Gasteiger partial charge in [0.15, 0.2) is 34.9 Å². The fraction of sp³-hybridized carbons (Fsp3) is 0. The third kappa shape index (κ3) is 10.1. The van der Waals surface area contributed by atoms with Gasteiger partial charge in [-0.05, 0) is 180 Å². The predicted octanol–water partition coefficient (Wildman–Crippen LogP) is 23.8. The van der Waals surface area contributed by atoms with Crippen LogP contribution in [0.15, 0.2) is 364 Å². The summed E-state index contributed by atoms with van der Waals surface area (Å²) in [4.78, 5) is 31.7. The monoisotopic (exact) mass is 1350 g/mol. The number of benzene rings is 15. The van der Waals surface area contributed by atoms with Gasteiger partial charge in [-0.15, -0.1) is 0 Å². The molecular weight excluding hydrogens is 1290 g/mol. The van der Waals surface area contributed by atoms with E-state index < -0.39 is 0 Å². The molecule has 0 fully saturated rings. The fourth-order valence-corrected chi connectivity index (χ4v) is 15.9. The molecule has 0 radical (unpaired) electrons. The van der Waals surface area contributed by atoms with Crippen molar-refractivity contribution in [2.24, 2.45) is 0 Å². The number of nitrogens with zero attached hydrogens (tertiary/aromatic N) is 10. The lowest BCUT2D eigenvalue weighted by Gasteiger charge is -2.12. The third-order valence-corrected chi connectivity index (χ3v) is 20.9. The van der Waals surface area contributed by atoms with Crippen molar-refractivity contribution in [2.45, 2.75) is 0 Å². The van der Waals surface area contributed by atoms with Crippen LogP contribution >= 0.6 is 0 Å². The van der Waals surface area contributed by atoms with Gasteiger partial charge in [0.1, 0.15) is 0 Å².